The molecule has 0 amide bonds. The minimum Gasteiger partial charge on any atom is -0.396 e. The Morgan fingerprint density at radius 1 is 1.16 bits per heavy atom. The van der Waals surface area contributed by atoms with Crippen molar-refractivity contribution in [2.75, 3.05) is 11.7 Å². The van der Waals surface area contributed by atoms with Crippen molar-refractivity contribution in [1.82, 2.24) is 19.5 Å². The molecule has 0 aromatic carbocycles. The van der Waals surface area contributed by atoms with E-state index in [1.54, 1.807) is 5.09 Å². The first-order valence-corrected chi connectivity index (χ1v) is 13.1. The average Bonchev–Trinajstić information content (AvgIpc) is 3.13. The maximum Gasteiger partial charge on any atom is 0.489 e. The number of aliphatic hydroxyl groups excluding tert-OH is 3. The second kappa shape index (κ2) is 8.68. The Hall–Kier alpha value is -1.52. The largest absolute Gasteiger partial charge is 0.489 e. The number of nitrogens with one attached hydrogen (secondary N) is 2. The van der Waals surface area contributed by atoms with Gasteiger partial charge in [-0.05, 0) is 6.42 Å². The van der Waals surface area contributed by atoms with Crippen LogP contribution in [0, 0.1) is 5.92 Å². The van der Waals surface area contributed by atoms with Crippen LogP contribution in [0.1, 0.15) is 12.5 Å². The van der Waals surface area contributed by atoms with E-state index in [2.05, 4.69) is 18.6 Å². The van der Waals surface area contributed by atoms with Gasteiger partial charge in [-0.2, -0.15) is 13.6 Å². The zero-order chi connectivity index (χ0) is 24.1. The van der Waals surface area contributed by atoms with E-state index >= 15 is 0 Å². The number of H-pyrrole nitrogens is 1. The van der Waals surface area contributed by atoms with Crippen molar-refractivity contribution in [2.24, 2.45) is 5.92 Å². The minimum absolute atomic E-state index is 0.0799. The number of rotatable bonds is 8. The molecule has 6 atom stereocenters. The SMILES string of the molecule is O=c1[nH]c(NP(=O)(O)OP(=O)(O)OP(=O)(O)O)nc2c1ncn2[C@@H]1C[C@H](CO)[C@@H](O)[C@@H]1O. The minimum atomic E-state index is -5.73. The molecule has 0 aliphatic heterocycles. The van der Waals surface area contributed by atoms with Crippen LogP contribution < -0.4 is 10.6 Å². The van der Waals surface area contributed by atoms with Gasteiger partial charge < -0.3 is 39.5 Å². The number of aromatic nitrogens is 4. The molecule has 180 valence electrons. The lowest BCUT2D eigenvalue weighted by molar-refractivity contribution is -0.00370. The van der Waals surface area contributed by atoms with Crippen molar-refractivity contribution in [3.63, 3.8) is 0 Å². The third-order valence-electron chi connectivity index (χ3n) is 4.47. The monoisotopic (exact) mass is 521 g/mol. The fraction of sp³-hybridized carbons (Fsp3) is 0.545. The average molecular weight is 521 g/mol. The summed E-state index contributed by atoms with van der Waals surface area (Å²) in [6.45, 7) is -0.425. The summed E-state index contributed by atoms with van der Waals surface area (Å²) in [7, 11) is -16.7. The molecule has 0 bridgehead atoms. The fourth-order valence-corrected chi connectivity index (χ4v) is 6.34. The Kier molecular flexibility index (Phi) is 6.81. The standard InChI is InChI=1S/C11H18N5O13P3/c17-2-4-1-5(8(19)7(4)18)16-3-12-6-9(16)13-11(14-10(6)20)15-30(21,22)28-32(26,27)29-31(23,24)25/h3-5,7-8,17-19H,1-2H2,(H,26,27)(H2,23,24,25)(H3,13,14,15,20,21,22)/t4-,5-,7-,8-/m1/s1. The fourth-order valence-electron chi connectivity index (χ4n) is 3.22. The van der Waals surface area contributed by atoms with Crippen LogP contribution in [0.25, 0.3) is 11.2 Å². The predicted molar refractivity (Wildman–Crippen MR) is 102 cm³/mol. The van der Waals surface area contributed by atoms with E-state index in [0.29, 0.717) is 0 Å². The van der Waals surface area contributed by atoms with E-state index < -0.39 is 65.7 Å². The third kappa shape index (κ3) is 5.51. The quantitative estimate of drug-likeness (QED) is 0.172. The highest BCUT2D eigenvalue weighted by Gasteiger charge is 2.43. The molecule has 1 aliphatic carbocycles. The number of anilines is 1. The van der Waals surface area contributed by atoms with Crippen LogP contribution in [-0.4, -0.2) is 73.2 Å². The lowest BCUT2D eigenvalue weighted by Crippen LogP contribution is -2.30. The normalized spacial score (nSPS) is 27.8. The van der Waals surface area contributed by atoms with Crippen molar-refractivity contribution in [1.29, 1.82) is 0 Å². The molecule has 0 saturated heterocycles. The van der Waals surface area contributed by atoms with Crippen LogP contribution >= 0.6 is 23.4 Å². The van der Waals surface area contributed by atoms with Gasteiger partial charge in [-0.15, -0.1) is 0 Å². The van der Waals surface area contributed by atoms with Crippen molar-refractivity contribution in [3.8, 4) is 0 Å². The number of phosphoric acid groups is 2. The van der Waals surface area contributed by atoms with Crippen LogP contribution in [0.5, 0.6) is 0 Å². The van der Waals surface area contributed by atoms with Gasteiger partial charge in [0, 0.05) is 12.5 Å². The smallest absolute Gasteiger partial charge is 0.396 e. The molecule has 1 saturated carbocycles. The Morgan fingerprint density at radius 2 is 1.81 bits per heavy atom. The van der Waals surface area contributed by atoms with E-state index in [0.717, 1.165) is 6.33 Å². The van der Waals surface area contributed by atoms with Gasteiger partial charge in [0.1, 0.15) is 6.10 Å². The first kappa shape index (κ1) is 25.1. The van der Waals surface area contributed by atoms with Gasteiger partial charge in [0.2, 0.25) is 5.95 Å². The molecule has 0 spiro atoms. The highest BCUT2D eigenvalue weighted by molar-refractivity contribution is 7.68. The van der Waals surface area contributed by atoms with Crippen LogP contribution in [-0.2, 0) is 22.3 Å². The molecule has 21 heteroatoms. The van der Waals surface area contributed by atoms with Crippen LogP contribution in [0.4, 0.5) is 5.95 Å². The van der Waals surface area contributed by atoms with E-state index in [4.69, 9.17) is 9.79 Å². The van der Waals surface area contributed by atoms with Gasteiger partial charge in [-0.25, -0.2) is 18.7 Å². The zero-order valence-corrected chi connectivity index (χ0v) is 18.2. The number of fused-ring (bicyclic) bond motifs is 1. The lowest BCUT2D eigenvalue weighted by atomic mass is 10.1. The maximum absolute atomic E-state index is 12.2. The van der Waals surface area contributed by atoms with Gasteiger partial charge >= 0.3 is 23.4 Å². The molecule has 2 heterocycles. The van der Waals surface area contributed by atoms with Gasteiger partial charge in [0.05, 0.1) is 18.5 Å². The molecular weight excluding hydrogens is 503 g/mol. The van der Waals surface area contributed by atoms with Crippen molar-refractivity contribution >= 4 is 40.5 Å². The van der Waals surface area contributed by atoms with E-state index in [9.17, 15) is 43.6 Å². The van der Waals surface area contributed by atoms with Crippen molar-refractivity contribution in [2.45, 2.75) is 24.7 Å². The number of hydrogen-bond donors (Lipinski definition) is 9. The topological polar surface area (TPSA) is 287 Å². The van der Waals surface area contributed by atoms with Crippen LogP contribution in [0.3, 0.4) is 0 Å². The van der Waals surface area contributed by atoms with Gasteiger partial charge in [-0.1, -0.05) is 0 Å². The second-order valence-corrected chi connectivity index (χ2v) is 11.2. The van der Waals surface area contributed by atoms with Crippen molar-refractivity contribution in [3.05, 3.63) is 16.7 Å². The van der Waals surface area contributed by atoms with Crippen LogP contribution in [0.2, 0.25) is 0 Å². The Morgan fingerprint density at radius 3 is 2.38 bits per heavy atom. The number of imidazole rings is 1. The molecule has 9 N–H and O–H groups in total. The summed E-state index contributed by atoms with van der Waals surface area (Å²) in [6.07, 6.45) is -1.45. The summed E-state index contributed by atoms with van der Waals surface area (Å²) in [4.78, 5) is 57.9. The summed E-state index contributed by atoms with van der Waals surface area (Å²) in [5, 5.41) is 31.2. The highest BCUT2D eigenvalue weighted by atomic mass is 31.3. The number of nitrogens with zero attached hydrogens (tertiary/aromatic N) is 3. The van der Waals surface area contributed by atoms with Crippen LogP contribution in [0.15, 0.2) is 11.1 Å². The molecule has 2 aromatic rings. The molecule has 1 fully saturated rings. The molecule has 32 heavy (non-hydrogen) atoms. The molecule has 3 rings (SSSR count). The molecule has 1 aliphatic rings. The zero-order valence-electron chi connectivity index (χ0n) is 15.6. The van der Waals surface area contributed by atoms with E-state index in [1.807, 2.05) is 4.98 Å². The Balaban J connectivity index is 1.92. The van der Waals surface area contributed by atoms with E-state index in [-0.39, 0.29) is 17.6 Å². The van der Waals surface area contributed by atoms with E-state index in [1.165, 1.54) is 4.57 Å². The van der Waals surface area contributed by atoms with Gasteiger partial charge in [0.25, 0.3) is 5.56 Å². The Bertz CT molecular complexity index is 1210. The first-order chi connectivity index (χ1) is 14.6. The molecule has 0 radical (unpaired) electrons. The molecule has 2 aromatic heterocycles. The number of aliphatic hydroxyl groups is 3. The first-order valence-electron chi connectivity index (χ1n) is 8.48. The van der Waals surface area contributed by atoms with Crippen molar-refractivity contribution < 1.29 is 57.2 Å². The third-order valence-corrected chi connectivity index (χ3v) is 8.35. The molecule has 18 nitrogen and oxygen atoms in total. The summed E-state index contributed by atoms with van der Waals surface area (Å²) in [6, 6.07) is -0.874. The highest BCUT2D eigenvalue weighted by Crippen LogP contribution is 2.65. The number of aromatic amines is 1. The van der Waals surface area contributed by atoms with Gasteiger partial charge in [-0.3, -0.25) is 14.9 Å². The molecular formula is C11H18N5O13P3. The summed E-state index contributed by atoms with van der Waals surface area (Å²) >= 11 is 0. The molecule has 2 unspecified atom stereocenters. The number of hydrogen-bond acceptors (Lipinski definition) is 11. The van der Waals surface area contributed by atoms with Gasteiger partial charge in [0.15, 0.2) is 11.2 Å². The lowest BCUT2D eigenvalue weighted by Gasteiger charge is -2.19. The summed E-state index contributed by atoms with van der Waals surface area (Å²) in [5.74, 6) is -1.45. The Labute approximate surface area is 176 Å². The maximum atomic E-state index is 12.2. The second-order valence-electron chi connectivity index (χ2n) is 6.72. The summed E-state index contributed by atoms with van der Waals surface area (Å²) < 4.78 is 42.7. The predicted octanol–water partition coefficient (Wildman–Crippen LogP) is -1.87. The summed E-state index contributed by atoms with van der Waals surface area (Å²) in [5.41, 5.74) is -1.44.